The number of hydrogen-bond donors (Lipinski definition) is 3. The minimum atomic E-state index is -4.15. The largest absolute Gasteiger partial charge is 0.489 e. The van der Waals surface area contributed by atoms with E-state index in [0.29, 0.717) is 11.3 Å². The molecule has 2 aromatic carbocycles. The van der Waals surface area contributed by atoms with Crippen LogP contribution >= 0.6 is 0 Å². The minimum absolute atomic E-state index is 0.0428. The van der Waals surface area contributed by atoms with Crippen LogP contribution in [0.4, 0.5) is 18.9 Å². The van der Waals surface area contributed by atoms with Gasteiger partial charge in [-0.1, -0.05) is 0 Å². The van der Waals surface area contributed by atoms with E-state index in [1.54, 1.807) is 6.92 Å². The summed E-state index contributed by atoms with van der Waals surface area (Å²) in [7, 11) is -4.15. The molecule has 0 spiro atoms. The summed E-state index contributed by atoms with van der Waals surface area (Å²) in [5.41, 5.74) is -1.34. The van der Waals surface area contributed by atoms with E-state index in [9.17, 15) is 31.5 Å². The Morgan fingerprint density at radius 3 is 2.53 bits per heavy atom. The summed E-state index contributed by atoms with van der Waals surface area (Å²) in [5, 5.41) is 12.3. The number of sulfonamides is 1. The van der Waals surface area contributed by atoms with Gasteiger partial charge in [0.1, 0.15) is 22.1 Å². The lowest BCUT2D eigenvalue weighted by atomic mass is 9.71. The molecule has 0 heterocycles. The second-order valence-electron chi connectivity index (χ2n) is 8.93. The van der Waals surface area contributed by atoms with E-state index in [4.69, 9.17) is 4.74 Å². The van der Waals surface area contributed by atoms with Crippen molar-refractivity contribution < 1.29 is 36.2 Å². The molecule has 4 rings (SSSR count). The predicted octanol–water partition coefficient (Wildman–Crippen LogP) is 3.61. The molecule has 11 heteroatoms. The van der Waals surface area contributed by atoms with Crippen LogP contribution in [0.5, 0.6) is 5.75 Å². The fraction of sp³-hybridized carbons (Fsp3) is 0.435. The number of rotatable bonds is 9. The highest BCUT2D eigenvalue weighted by molar-refractivity contribution is 7.89. The Kier molecular flexibility index (Phi) is 6.63. The smallest absolute Gasteiger partial charge is 0.266 e. The lowest BCUT2D eigenvalue weighted by Crippen LogP contribution is -2.52. The summed E-state index contributed by atoms with van der Waals surface area (Å²) < 4.78 is 73.3. The van der Waals surface area contributed by atoms with Gasteiger partial charge in [-0.25, -0.2) is 26.3 Å². The van der Waals surface area contributed by atoms with Crippen LogP contribution < -0.4 is 14.8 Å². The van der Waals surface area contributed by atoms with Crippen LogP contribution in [0.2, 0.25) is 0 Å². The monoisotopic (exact) mass is 498 g/mol. The number of benzene rings is 2. The standard InChI is InChI=1S/C23H25F3N2O5S/c1-13-8-16(3-6-18(13)24)28-21(29)15-2-7-19(33-17-4-5-17)20(9-15)34(31,32)27-12-14-10-23(30,11-14)22(25)26/h2-3,6-9,14,17,22,27,30H,4-5,10-12H2,1H3,(H,28,29). The van der Waals surface area contributed by atoms with Gasteiger partial charge in [-0.15, -0.1) is 0 Å². The normalized spacial score (nSPS) is 22.4. The Hall–Kier alpha value is -2.63. The highest BCUT2D eigenvalue weighted by Gasteiger charge is 2.49. The van der Waals surface area contributed by atoms with Crippen LogP contribution in [-0.2, 0) is 10.0 Å². The lowest BCUT2D eigenvalue weighted by Gasteiger charge is -2.42. The fourth-order valence-corrected chi connectivity index (χ4v) is 5.09. The molecule has 1 amide bonds. The number of amides is 1. The van der Waals surface area contributed by atoms with Crippen molar-refractivity contribution in [3.8, 4) is 5.75 Å². The zero-order chi connectivity index (χ0) is 24.7. The van der Waals surface area contributed by atoms with Crippen LogP contribution in [0.25, 0.3) is 0 Å². The van der Waals surface area contributed by atoms with Crippen molar-refractivity contribution in [3.05, 3.63) is 53.3 Å². The molecule has 2 aliphatic carbocycles. The van der Waals surface area contributed by atoms with Gasteiger partial charge in [0.05, 0.1) is 6.10 Å². The molecule has 2 fully saturated rings. The number of aryl methyl sites for hydroxylation is 1. The lowest BCUT2D eigenvalue weighted by molar-refractivity contribution is -0.166. The molecular weight excluding hydrogens is 473 g/mol. The zero-order valence-electron chi connectivity index (χ0n) is 18.4. The molecule has 2 aromatic rings. The first kappa shape index (κ1) is 24.5. The Morgan fingerprint density at radius 1 is 1.21 bits per heavy atom. The average molecular weight is 499 g/mol. The molecular formula is C23H25F3N2O5S. The van der Waals surface area contributed by atoms with Gasteiger partial charge in [0.2, 0.25) is 10.0 Å². The van der Waals surface area contributed by atoms with Gasteiger partial charge in [0.15, 0.2) is 0 Å². The van der Waals surface area contributed by atoms with Crippen molar-refractivity contribution in [1.82, 2.24) is 4.72 Å². The Morgan fingerprint density at radius 2 is 1.91 bits per heavy atom. The molecule has 0 atom stereocenters. The van der Waals surface area contributed by atoms with Crippen molar-refractivity contribution in [2.75, 3.05) is 11.9 Å². The molecule has 0 bridgehead atoms. The van der Waals surface area contributed by atoms with E-state index in [1.807, 2.05) is 0 Å². The summed E-state index contributed by atoms with van der Waals surface area (Å²) in [6, 6.07) is 8.07. The van der Waals surface area contributed by atoms with E-state index in [1.165, 1.54) is 36.4 Å². The topological polar surface area (TPSA) is 105 Å². The molecule has 2 aliphatic rings. The fourth-order valence-electron chi connectivity index (χ4n) is 3.82. The van der Waals surface area contributed by atoms with Gasteiger partial charge in [-0.05, 0) is 80.5 Å². The third kappa shape index (κ3) is 5.37. The Balaban J connectivity index is 1.51. The number of anilines is 1. The first-order valence-electron chi connectivity index (χ1n) is 10.9. The van der Waals surface area contributed by atoms with Crippen LogP contribution in [-0.4, -0.2) is 44.1 Å². The van der Waals surface area contributed by atoms with Crippen molar-refractivity contribution in [1.29, 1.82) is 0 Å². The second kappa shape index (κ2) is 9.20. The molecule has 7 nitrogen and oxygen atoms in total. The molecule has 2 saturated carbocycles. The van der Waals surface area contributed by atoms with E-state index in [2.05, 4.69) is 10.0 Å². The van der Waals surface area contributed by atoms with E-state index >= 15 is 0 Å². The van der Waals surface area contributed by atoms with Crippen molar-refractivity contribution >= 4 is 21.6 Å². The van der Waals surface area contributed by atoms with Crippen LogP contribution in [0.1, 0.15) is 41.6 Å². The number of hydrogen-bond acceptors (Lipinski definition) is 5. The van der Waals surface area contributed by atoms with Crippen LogP contribution in [0.15, 0.2) is 41.3 Å². The summed E-state index contributed by atoms with van der Waals surface area (Å²) in [6.07, 6.45) is -1.85. The highest BCUT2D eigenvalue weighted by Crippen LogP contribution is 2.42. The molecule has 0 unspecified atom stereocenters. The third-order valence-corrected chi connectivity index (χ3v) is 7.43. The molecule has 0 aliphatic heterocycles. The highest BCUT2D eigenvalue weighted by atomic mass is 32.2. The van der Waals surface area contributed by atoms with Gasteiger partial charge in [0, 0.05) is 17.8 Å². The summed E-state index contributed by atoms with van der Waals surface area (Å²) in [4.78, 5) is 12.5. The first-order valence-corrected chi connectivity index (χ1v) is 12.3. The van der Waals surface area contributed by atoms with E-state index in [0.717, 1.165) is 12.8 Å². The number of halogens is 3. The van der Waals surface area contributed by atoms with Crippen molar-refractivity contribution in [3.63, 3.8) is 0 Å². The number of aliphatic hydroxyl groups is 1. The Bertz CT molecular complexity index is 1200. The minimum Gasteiger partial charge on any atom is -0.489 e. The van der Waals surface area contributed by atoms with Gasteiger partial charge in [-0.2, -0.15) is 0 Å². The van der Waals surface area contributed by atoms with Gasteiger partial charge in [-0.3, -0.25) is 4.79 Å². The first-order chi connectivity index (χ1) is 16.0. The third-order valence-electron chi connectivity index (χ3n) is 5.98. The molecule has 0 aromatic heterocycles. The van der Waals surface area contributed by atoms with Crippen molar-refractivity contribution in [2.24, 2.45) is 5.92 Å². The maximum atomic E-state index is 13.5. The number of carbonyl (C=O) groups excluding carboxylic acids is 1. The van der Waals surface area contributed by atoms with Gasteiger partial charge in [0.25, 0.3) is 12.3 Å². The van der Waals surface area contributed by atoms with Gasteiger partial charge < -0.3 is 15.2 Å². The van der Waals surface area contributed by atoms with Crippen molar-refractivity contribution in [2.45, 2.75) is 55.6 Å². The average Bonchev–Trinajstić information content (AvgIpc) is 3.57. The number of nitrogens with one attached hydrogen (secondary N) is 2. The quantitative estimate of drug-likeness (QED) is 0.490. The molecule has 3 N–H and O–H groups in total. The molecule has 0 saturated heterocycles. The summed E-state index contributed by atoms with van der Waals surface area (Å²) >= 11 is 0. The van der Waals surface area contributed by atoms with Gasteiger partial charge >= 0.3 is 0 Å². The molecule has 0 radical (unpaired) electrons. The summed E-state index contributed by atoms with van der Waals surface area (Å²) in [6.45, 7) is 1.42. The maximum absolute atomic E-state index is 13.5. The Labute approximate surface area is 195 Å². The van der Waals surface area contributed by atoms with Crippen LogP contribution in [0, 0.1) is 18.7 Å². The van der Waals surface area contributed by atoms with E-state index < -0.39 is 39.7 Å². The zero-order valence-corrected chi connectivity index (χ0v) is 19.2. The number of ether oxygens (including phenoxy) is 1. The second-order valence-corrected chi connectivity index (χ2v) is 10.7. The van der Waals surface area contributed by atoms with Crippen LogP contribution in [0.3, 0.4) is 0 Å². The SMILES string of the molecule is Cc1cc(NC(=O)c2ccc(OC3CC3)c(S(=O)(=O)NCC3CC(O)(C(F)F)C3)c2)ccc1F. The molecule has 34 heavy (non-hydrogen) atoms. The number of carbonyl (C=O) groups is 1. The van der Waals surface area contributed by atoms with E-state index in [-0.39, 0.29) is 41.7 Å². The number of alkyl halides is 2. The molecule has 184 valence electrons. The summed E-state index contributed by atoms with van der Waals surface area (Å²) in [5.74, 6) is -1.37. The maximum Gasteiger partial charge on any atom is 0.266 e. The predicted molar refractivity (Wildman–Crippen MR) is 118 cm³/mol.